The third-order valence-corrected chi connectivity index (χ3v) is 4.30. The number of rotatable bonds is 7. The van der Waals surface area contributed by atoms with Crippen LogP contribution in [0.3, 0.4) is 0 Å². The van der Waals surface area contributed by atoms with E-state index in [2.05, 4.69) is 46.5 Å². The summed E-state index contributed by atoms with van der Waals surface area (Å²) in [6.45, 7) is 6.12. The highest BCUT2D eigenvalue weighted by atomic mass is 16.5. The molecule has 1 aliphatic rings. The molecule has 1 amide bonds. The van der Waals surface area contributed by atoms with E-state index in [-0.39, 0.29) is 12.0 Å². The highest BCUT2D eigenvalue weighted by Gasteiger charge is 2.23. The summed E-state index contributed by atoms with van der Waals surface area (Å²) in [7, 11) is 0. The maximum Gasteiger partial charge on any atom is 0.228 e. The number of nitrogens with one attached hydrogen (secondary N) is 1. The Bertz CT molecular complexity index is 671. The van der Waals surface area contributed by atoms with Crippen LogP contribution >= 0.6 is 0 Å². The maximum absolute atomic E-state index is 12.3. The molecule has 0 bridgehead atoms. The van der Waals surface area contributed by atoms with Crippen molar-refractivity contribution >= 4 is 11.7 Å². The SMILES string of the molecule is CCCn1nccc1NC(=O)C[C@H]1CN(Cc2ccccc2)CCO1. The van der Waals surface area contributed by atoms with Crippen LogP contribution in [0.15, 0.2) is 42.6 Å². The van der Waals surface area contributed by atoms with E-state index in [1.54, 1.807) is 6.20 Å². The van der Waals surface area contributed by atoms with Crippen LogP contribution in [0, 0.1) is 0 Å². The summed E-state index contributed by atoms with van der Waals surface area (Å²) in [6, 6.07) is 12.2. The minimum atomic E-state index is -0.0694. The summed E-state index contributed by atoms with van der Waals surface area (Å²) in [5.74, 6) is 0.730. The lowest BCUT2D eigenvalue weighted by Gasteiger charge is -2.32. The van der Waals surface area contributed by atoms with Gasteiger partial charge in [0.2, 0.25) is 5.91 Å². The molecule has 134 valence electrons. The van der Waals surface area contributed by atoms with Gasteiger partial charge in [-0.15, -0.1) is 0 Å². The minimum Gasteiger partial charge on any atom is -0.375 e. The van der Waals surface area contributed by atoms with Crippen molar-refractivity contribution < 1.29 is 9.53 Å². The molecule has 0 aliphatic carbocycles. The lowest BCUT2D eigenvalue weighted by molar-refractivity contribution is -0.121. The molecule has 1 fully saturated rings. The van der Waals surface area contributed by atoms with Crippen LogP contribution in [-0.2, 0) is 22.6 Å². The Balaban J connectivity index is 1.50. The Hall–Kier alpha value is -2.18. The van der Waals surface area contributed by atoms with E-state index in [9.17, 15) is 4.79 Å². The van der Waals surface area contributed by atoms with Gasteiger partial charge in [-0.2, -0.15) is 5.10 Å². The monoisotopic (exact) mass is 342 g/mol. The number of benzene rings is 1. The number of hydrogen-bond donors (Lipinski definition) is 1. The standard InChI is InChI=1S/C19H26N4O2/c1-2-10-23-18(8-9-20-23)21-19(24)13-17-15-22(11-12-25-17)14-16-6-4-3-5-7-16/h3-9,17H,2,10-15H2,1H3,(H,21,24)/t17-/m0/s1. The van der Waals surface area contributed by atoms with Gasteiger partial charge in [0.25, 0.3) is 0 Å². The molecular weight excluding hydrogens is 316 g/mol. The fourth-order valence-corrected chi connectivity index (χ4v) is 3.12. The van der Waals surface area contributed by atoms with Crippen molar-refractivity contribution in [3.63, 3.8) is 0 Å². The third kappa shape index (κ3) is 5.14. The number of aryl methyl sites for hydroxylation is 1. The predicted octanol–water partition coefficient (Wildman–Crippen LogP) is 2.52. The second-order valence-corrected chi connectivity index (χ2v) is 6.41. The zero-order valence-corrected chi connectivity index (χ0v) is 14.7. The van der Waals surface area contributed by atoms with Crippen molar-refractivity contribution in [2.45, 2.75) is 39.0 Å². The van der Waals surface area contributed by atoms with Gasteiger partial charge in [0.15, 0.2) is 0 Å². The summed E-state index contributed by atoms with van der Waals surface area (Å²) < 4.78 is 7.61. The Labute approximate surface area is 148 Å². The van der Waals surface area contributed by atoms with Crippen LogP contribution in [0.5, 0.6) is 0 Å². The molecule has 1 aromatic heterocycles. The van der Waals surface area contributed by atoms with E-state index in [1.807, 2.05) is 16.8 Å². The van der Waals surface area contributed by atoms with Gasteiger partial charge in [-0.25, -0.2) is 4.68 Å². The van der Waals surface area contributed by atoms with E-state index >= 15 is 0 Å². The summed E-state index contributed by atoms with van der Waals surface area (Å²) in [4.78, 5) is 14.7. The highest BCUT2D eigenvalue weighted by Crippen LogP contribution is 2.14. The summed E-state index contributed by atoms with van der Waals surface area (Å²) >= 11 is 0. The first kappa shape index (κ1) is 17.6. The molecule has 0 saturated carbocycles. The average molecular weight is 342 g/mol. The number of ether oxygens (including phenoxy) is 1. The van der Waals surface area contributed by atoms with Gasteiger partial charge >= 0.3 is 0 Å². The van der Waals surface area contributed by atoms with Crippen LogP contribution in [0.25, 0.3) is 0 Å². The lowest BCUT2D eigenvalue weighted by Crippen LogP contribution is -2.43. The zero-order chi connectivity index (χ0) is 17.5. The van der Waals surface area contributed by atoms with E-state index in [1.165, 1.54) is 5.56 Å². The molecule has 6 heteroatoms. The number of morpholine rings is 1. The van der Waals surface area contributed by atoms with Crippen LogP contribution < -0.4 is 5.32 Å². The minimum absolute atomic E-state index is 0.0237. The van der Waals surface area contributed by atoms with Gasteiger partial charge in [-0.05, 0) is 12.0 Å². The van der Waals surface area contributed by atoms with Gasteiger partial charge in [0.05, 0.1) is 25.3 Å². The normalized spacial score (nSPS) is 18.2. The molecule has 1 aliphatic heterocycles. The zero-order valence-electron chi connectivity index (χ0n) is 14.7. The summed E-state index contributed by atoms with van der Waals surface area (Å²) in [5.41, 5.74) is 1.29. The molecule has 25 heavy (non-hydrogen) atoms. The first-order chi connectivity index (χ1) is 12.2. The Morgan fingerprint density at radius 2 is 2.16 bits per heavy atom. The number of hydrogen-bond acceptors (Lipinski definition) is 4. The molecule has 2 heterocycles. The largest absolute Gasteiger partial charge is 0.375 e. The first-order valence-corrected chi connectivity index (χ1v) is 8.94. The molecule has 1 atom stereocenters. The molecule has 1 aromatic carbocycles. The van der Waals surface area contributed by atoms with Gasteiger partial charge in [0, 0.05) is 32.2 Å². The maximum atomic E-state index is 12.3. The fourth-order valence-electron chi connectivity index (χ4n) is 3.12. The van der Waals surface area contributed by atoms with Crippen molar-refractivity contribution in [2.75, 3.05) is 25.0 Å². The van der Waals surface area contributed by atoms with Gasteiger partial charge < -0.3 is 10.1 Å². The molecule has 1 N–H and O–H groups in total. The third-order valence-electron chi connectivity index (χ3n) is 4.30. The second-order valence-electron chi connectivity index (χ2n) is 6.41. The number of nitrogens with zero attached hydrogens (tertiary/aromatic N) is 3. The molecule has 6 nitrogen and oxygen atoms in total. The van der Waals surface area contributed by atoms with E-state index < -0.39 is 0 Å². The molecule has 0 spiro atoms. The average Bonchev–Trinajstić information content (AvgIpc) is 3.03. The predicted molar refractivity (Wildman–Crippen MR) is 97.2 cm³/mol. The van der Waals surface area contributed by atoms with Crippen molar-refractivity contribution in [1.82, 2.24) is 14.7 Å². The Kier molecular flexibility index (Phi) is 6.19. The Morgan fingerprint density at radius 3 is 2.96 bits per heavy atom. The number of amides is 1. The number of carbonyl (C=O) groups excluding carboxylic acids is 1. The number of aromatic nitrogens is 2. The van der Waals surface area contributed by atoms with Crippen LogP contribution in [0.4, 0.5) is 5.82 Å². The van der Waals surface area contributed by atoms with Crippen molar-refractivity contribution in [3.8, 4) is 0 Å². The highest BCUT2D eigenvalue weighted by molar-refractivity contribution is 5.90. The smallest absolute Gasteiger partial charge is 0.228 e. The lowest BCUT2D eigenvalue weighted by atomic mass is 10.1. The fraction of sp³-hybridized carbons (Fsp3) is 0.474. The van der Waals surface area contributed by atoms with E-state index in [0.29, 0.717) is 13.0 Å². The van der Waals surface area contributed by atoms with Crippen molar-refractivity contribution in [2.24, 2.45) is 0 Å². The molecule has 0 radical (unpaired) electrons. The van der Waals surface area contributed by atoms with E-state index in [4.69, 9.17) is 4.74 Å². The summed E-state index contributed by atoms with van der Waals surface area (Å²) in [6.07, 6.45) is 2.98. The van der Waals surface area contributed by atoms with Gasteiger partial charge in [-0.1, -0.05) is 37.3 Å². The van der Waals surface area contributed by atoms with Crippen LogP contribution in [-0.4, -0.2) is 46.4 Å². The molecule has 0 unspecified atom stereocenters. The molecule has 2 aromatic rings. The first-order valence-electron chi connectivity index (χ1n) is 8.94. The topological polar surface area (TPSA) is 59.4 Å². The number of carbonyl (C=O) groups is 1. The molecular formula is C19H26N4O2. The van der Waals surface area contributed by atoms with Crippen molar-refractivity contribution in [3.05, 3.63) is 48.2 Å². The van der Waals surface area contributed by atoms with E-state index in [0.717, 1.165) is 38.4 Å². The van der Waals surface area contributed by atoms with Crippen LogP contribution in [0.2, 0.25) is 0 Å². The van der Waals surface area contributed by atoms with Gasteiger partial charge in [0.1, 0.15) is 5.82 Å². The van der Waals surface area contributed by atoms with Crippen molar-refractivity contribution in [1.29, 1.82) is 0 Å². The Morgan fingerprint density at radius 1 is 1.32 bits per heavy atom. The second kappa shape index (κ2) is 8.78. The summed E-state index contributed by atoms with van der Waals surface area (Å²) in [5, 5.41) is 7.18. The molecule has 1 saturated heterocycles. The van der Waals surface area contributed by atoms with Gasteiger partial charge in [-0.3, -0.25) is 9.69 Å². The quantitative estimate of drug-likeness (QED) is 0.840. The van der Waals surface area contributed by atoms with Crippen LogP contribution in [0.1, 0.15) is 25.3 Å². The number of anilines is 1. The molecule has 3 rings (SSSR count).